The molecule has 7 nitrogen and oxygen atoms in total. The Bertz CT molecular complexity index is 985. The van der Waals surface area contributed by atoms with E-state index in [2.05, 4.69) is 14.9 Å². The van der Waals surface area contributed by atoms with Crippen LogP contribution >= 0.6 is 23.1 Å². The fourth-order valence-corrected chi connectivity index (χ4v) is 4.97. The van der Waals surface area contributed by atoms with Crippen LogP contribution in [0.25, 0.3) is 16.4 Å². The minimum atomic E-state index is -3.20. The first-order valence-electron chi connectivity index (χ1n) is 8.22. The van der Waals surface area contributed by atoms with Crippen LogP contribution in [-0.2, 0) is 10.0 Å². The predicted octanol–water partition coefficient (Wildman–Crippen LogP) is 3.04. The second-order valence-electron chi connectivity index (χ2n) is 5.52. The summed E-state index contributed by atoms with van der Waals surface area (Å²) in [4.78, 5) is 0.998. The average Bonchev–Trinajstić information content (AvgIpc) is 3.34. The number of ether oxygens (including phenoxy) is 1. The number of rotatable bonds is 9. The Balaban J connectivity index is 1.91. The highest BCUT2D eigenvalue weighted by Crippen LogP contribution is 2.34. The summed E-state index contributed by atoms with van der Waals surface area (Å²) in [5.74, 6) is 2.14. The molecule has 0 bridgehead atoms. The molecule has 1 N–H and O–H groups in total. The van der Waals surface area contributed by atoms with Crippen LogP contribution in [0.4, 0.5) is 0 Å². The number of thiophene rings is 1. The zero-order chi connectivity index (χ0) is 19.3. The largest absolute Gasteiger partial charge is 0.495 e. The summed E-state index contributed by atoms with van der Waals surface area (Å²) in [6.45, 7) is 0. The maximum Gasteiger partial charge on any atom is 0.211 e. The number of sulfonamides is 1. The number of thioether (sulfide) groups is 1. The van der Waals surface area contributed by atoms with Crippen molar-refractivity contribution >= 4 is 33.1 Å². The van der Waals surface area contributed by atoms with Gasteiger partial charge in [-0.1, -0.05) is 30.0 Å². The van der Waals surface area contributed by atoms with Crippen LogP contribution in [0.1, 0.15) is 6.42 Å². The van der Waals surface area contributed by atoms with E-state index < -0.39 is 10.0 Å². The molecule has 10 heteroatoms. The van der Waals surface area contributed by atoms with E-state index in [1.165, 1.54) is 18.8 Å². The van der Waals surface area contributed by atoms with E-state index in [9.17, 15) is 8.42 Å². The van der Waals surface area contributed by atoms with E-state index in [1.807, 2.05) is 46.3 Å². The Morgan fingerprint density at radius 3 is 2.74 bits per heavy atom. The molecule has 0 aliphatic rings. The van der Waals surface area contributed by atoms with Crippen molar-refractivity contribution in [3.05, 3.63) is 41.8 Å². The van der Waals surface area contributed by atoms with Gasteiger partial charge >= 0.3 is 0 Å². The number of nitrogens with one attached hydrogen (secondary N) is 1. The van der Waals surface area contributed by atoms with Gasteiger partial charge in [0, 0.05) is 5.75 Å². The number of para-hydroxylation sites is 2. The van der Waals surface area contributed by atoms with Gasteiger partial charge in [0.05, 0.1) is 23.4 Å². The fourth-order valence-electron chi connectivity index (χ4n) is 2.47. The third-order valence-electron chi connectivity index (χ3n) is 3.80. The van der Waals surface area contributed by atoms with Crippen molar-refractivity contribution < 1.29 is 13.2 Å². The van der Waals surface area contributed by atoms with Crippen molar-refractivity contribution in [1.82, 2.24) is 19.5 Å². The zero-order valence-electron chi connectivity index (χ0n) is 15.0. The highest BCUT2D eigenvalue weighted by atomic mass is 32.2. The topological polar surface area (TPSA) is 86.1 Å². The molecule has 144 valence electrons. The smallest absolute Gasteiger partial charge is 0.211 e. The molecule has 3 aromatic rings. The molecule has 0 atom stereocenters. The monoisotopic (exact) mass is 424 g/mol. The van der Waals surface area contributed by atoms with Gasteiger partial charge in [0.15, 0.2) is 11.0 Å². The molecule has 3 rings (SSSR count). The van der Waals surface area contributed by atoms with Gasteiger partial charge in [-0.15, -0.1) is 21.5 Å². The normalized spacial score (nSPS) is 11.6. The van der Waals surface area contributed by atoms with Gasteiger partial charge in [0.25, 0.3) is 0 Å². The van der Waals surface area contributed by atoms with E-state index in [-0.39, 0.29) is 5.75 Å². The lowest BCUT2D eigenvalue weighted by molar-refractivity contribution is 0.412. The molecule has 27 heavy (non-hydrogen) atoms. The molecule has 0 amide bonds. The van der Waals surface area contributed by atoms with Crippen molar-refractivity contribution in [2.45, 2.75) is 11.6 Å². The molecule has 0 spiro atoms. The molecule has 1 aromatic carbocycles. The van der Waals surface area contributed by atoms with Gasteiger partial charge in [-0.25, -0.2) is 13.1 Å². The lowest BCUT2D eigenvalue weighted by atomic mass is 10.3. The SMILES string of the molecule is CNS(=O)(=O)CCCSc1nnc(-c2cccs2)n1-c1ccccc1OC. The van der Waals surface area contributed by atoms with E-state index >= 15 is 0 Å². The van der Waals surface area contributed by atoms with E-state index in [4.69, 9.17) is 4.74 Å². The molecule has 2 heterocycles. The maximum absolute atomic E-state index is 11.6. The Labute approximate surface area is 166 Å². The van der Waals surface area contributed by atoms with Crippen LogP contribution in [0.5, 0.6) is 5.75 Å². The number of benzene rings is 1. The Morgan fingerprint density at radius 2 is 2.04 bits per heavy atom. The summed E-state index contributed by atoms with van der Waals surface area (Å²) >= 11 is 3.06. The third kappa shape index (κ3) is 4.70. The van der Waals surface area contributed by atoms with Crippen LogP contribution in [0.3, 0.4) is 0 Å². The minimum Gasteiger partial charge on any atom is -0.495 e. The molecule has 0 aliphatic carbocycles. The van der Waals surface area contributed by atoms with E-state index in [0.29, 0.717) is 17.3 Å². The van der Waals surface area contributed by atoms with Crippen LogP contribution in [0.15, 0.2) is 46.9 Å². The van der Waals surface area contributed by atoms with Gasteiger partial charge in [0.2, 0.25) is 10.0 Å². The molecule has 0 saturated heterocycles. The molecular formula is C17H20N4O3S3. The second kappa shape index (κ2) is 8.87. The van der Waals surface area contributed by atoms with Gasteiger partial charge in [-0.05, 0) is 37.0 Å². The quantitative estimate of drug-likeness (QED) is 0.420. The van der Waals surface area contributed by atoms with Crippen molar-refractivity contribution in [1.29, 1.82) is 0 Å². The first kappa shape index (κ1) is 19.9. The first-order valence-corrected chi connectivity index (χ1v) is 11.7. The van der Waals surface area contributed by atoms with Gasteiger partial charge in [0.1, 0.15) is 5.75 Å². The minimum absolute atomic E-state index is 0.0804. The highest BCUT2D eigenvalue weighted by Gasteiger charge is 2.19. The van der Waals surface area contributed by atoms with Crippen LogP contribution in [0.2, 0.25) is 0 Å². The number of hydrogen-bond acceptors (Lipinski definition) is 7. The molecule has 0 radical (unpaired) electrons. The number of nitrogens with zero attached hydrogens (tertiary/aromatic N) is 3. The molecule has 0 fully saturated rings. The summed E-state index contributed by atoms with van der Waals surface area (Å²) in [5, 5.41) is 11.4. The number of methoxy groups -OCH3 is 1. The van der Waals surface area contributed by atoms with Crippen molar-refractivity contribution in [2.24, 2.45) is 0 Å². The molecule has 0 unspecified atom stereocenters. The van der Waals surface area contributed by atoms with Crippen LogP contribution in [0, 0.1) is 0 Å². The van der Waals surface area contributed by atoms with Crippen molar-refractivity contribution in [3.8, 4) is 22.1 Å². The Kier molecular flexibility index (Phi) is 6.53. The fraction of sp³-hybridized carbons (Fsp3) is 0.294. The lowest BCUT2D eigenvalue weighted by Gasteiger charge is -2.13. The summed E-state index contributed by atoms with van der Waals surface area (Å²) in [5.41, 5.74) is 0.846. The van der Waals surface area contributed by atoms with Gasteiger partial charge in [-0.3, -0.25) is 4.57 Å². The molecule has 0 saturated carbocycles. The lowest BCUT2D eigenvalue weighted by Crippen LogP contribution is -2.22. The Hall–Kier alpha value is -1.88. The number of aromatic nitrogens is 3. The average molecular weight is 425 g/mol. The summed E-state index contributed by atoms with van der Waals surface area (Å²) in [7, 11) is -0.149. The molecule has 0 aliphatic heterocycles. The van der Waals surface area contributed by atoms with Crippen LogP contribution in [-0.4, -0.2) is 48.8 Å². The highest BCUT2D eigenvalue weighted by molar-refractivity contribution is 7.99. The number of hydrogen-bond donors (Lipinski definition) is 1. The summed E-state index contributed by atoms with van der Waals surface area (Å²) in [6, 6.07) is 11.7. The van der Waals surface area contributed by atoms with E-state index in [0.717, 1.165) is 22.1 Å². The zero-order valence-corrected chi connectivity index (χ0v) is 17.4. The summed E-state index contributed by atoms with van der Waals surface area (Å²) in [6.07, 6.45) is 0.515. The Morgan fingerprint density at radius 1 is 1.22 bits per heavy atom. The molecule has 2 aromatic heterocycles. The maximum atomic E-state index is 11.6. The van der Waals surface area contributed by atoms with Crippen molar-refractivity contribution in [2.75, 3.05) is 25.7 Å². The van der Waals surface area contributed by atoms with Crippen LogP contribution < -0.4 is 9.46 Å². The first-order chi connectivity index (χ1) is 13.1. The summed E-state index contributed by atoms with van der Waals surface area (Å²) < 4.78 is 32.9. The van der Waals surface area contributed by atoms with Gasteiger partial charge in [-0.2, -0.15) is 0 Å². The van der Waals surface area contributed by atoms with Crippen molar-refractivity contribution in [3.63, 3.8) is 0 Å². The van der Waals surface area contributed by atoms with Gasteiger partial charge < -0.3 is 4.74 Å². The predicted molar refractivity (Wildman–Crippen MR) is 109 cm³/mol. The molecular weight excluding hydrogens is 404 g/mol. The van der Waals surface area contributed by atoms with E-state index in [1.54, 1.807) is 18.4 Å². The second-order valence-corrected chi connectivity index (χ2v) is 9.57. The third-order valence-corrected chi connectivity index (χ3v) is 7.13. The standard InChI is InChI=1S/C17H20N4O3S3/c1-18-27(22,23)12-6-11-26-17-20-19-16(15-9-5-10-25-15)21(17)13-7-3-4-8-14(13)24-2/h3-5,7-10,18H,6,11-12H2,1-2H3.